The van der Waals surface area contributed by atoms with Crippen LogP contribution in [0.15, 0.2) is 11.6 Å². The van der Waals surface area contributed by atoms with Crippen LogP contribution in [0.1, 0.15) is 39.0 Å². The highest BCUT2D eigenvalue weighted by Gasteiger charge is 2.37. The Bertz CT molecular complexity index is 321. The summed E-state index contributed by atoms with van der Waals surface area (Å²) < 4.78 is 10.3. The fourth-order valence-electron chi connectivity index (χ4n) is 2.97. The number of rotatable bonds is 4. The predicted octanol–water partition coefficient (Wildman–Crippen LogP) is 2.70. The van der Waals surface area contributed by atoms with Gasteiger partial charge < -0.3 is 9.47 Å². The molecule has 0 heterocycles. The maximum atomic E-state index is 11.5. The lowest BCUT2D eigenvalue weighted by molar-refractivity contribution is -0.116. The molecular weight excluding hydrogens is 216 g/mol. The van der Waals surface area contributed by atoms with Gasteiger partial charge in [0.25, 0.3) is 0 Å². The van der Waals surface area contributed by atoms with E-state index in [-0.39, 0.29) is 5.41 Å². The minimum Gasteiger partial charge on any atom is -0.359 e. The van der Waals surface area contributed by atoms with Crippen molar-refractivity contribution in [2.45, 2.75) is 39.0 Å². The van der Waals surface area contributed by atoms with Gasteiger partial charge in [-0.2, -0.15) is 0 Å². The first-order chi connectivity index (χ1) is 8.14. The zero-order valence-electron chi connectivity index (χ0n) is 10.8. The van der Waals surface area contributed by atoms with Crippen LogP contribution in [0.3, 0.4) is 0 Å². The van der Waals surface area contributed by atoms with E-state index in [0.717, 1.165) is 25.9 Å². The van der Waals surface area contributed by atoms with Gasteiger partial charge in [-0.1, -0.05) is 12.5 Å². The molecule has 0 spiro atoms. The third-order valence-corrected chi connectivity index (χ3v) is 4.20. The first-order valence-corrected chi connectivity index (χ1v) is 6.44. The van der Waals surface area contributed by atoms with E-state index in [4.69, 9.17) is 9.47 Å². The molecule has 1 saturated carbocycles. The molecule has 1 fully saturated rings. The quantitative estimate of drug-likeness (QED) is 0.558. The summed E-state index contributed by atoms with van der Waals surface area (Å²) in [7, 11) is 1.64. The molecule has 0 unspecified atom stereocenters. The number of fused-ring (bicyclic) bond motifs is 1. The second kappa shape index (κ2) is 5.32. The van der Waals surface area contributed by atoms with E-state index in [1.165, 1.54) is 18.4 Å². The van der Waals surface area contributed by atoms with Crippen molar-refractivity contribution in [3.8, 4) is 0 Å². The molecule has 0 aromatic rings. The van der Waals surface area contributed by atoms with Crippen molar-refractivity contribution in [1.82, 2.24) is 0 Å². The van der Waals surface area contributed by atoms with Crippen LogP contribution in [0, 0.1) is 11.3 Å². The first kappa shape index (κ1) is 12.8. The van der Waals surface area contributed by atoms with Gasteiger partial charge in [-0.05, 0) is 43.1 Å². The van der Waals surface area contributed by atoms with Crippen molar-refractivity contribution in [3.05, 3.63) is 11.6 Å². The number of methoxy groups -OCH3 is 1. The third-order valence-electron chi connectivity index (χ3n) is 4.20. The molecule has 0 amide bonds. The van der Waals surface area contributed by atoms with Crippen LogP contribution in [0.25, 0.3) is 0 Å². The second-order valence-corrected chi connectivity index (χ2v) is 5.58. The van der Waals surface area contributed by atoms with E-state index < -0.39 is 0 Å². The third kappa shape index (κ3) is 2.96. The minimum absolute atomic E-state index is 0.283. The molecule has 3 heteroatoms. The lowest BCUT2D eigenvalue weighted by atomic mass is 9.63. The summed E-state index contributed by atoms with van der Waals surface area (Å²) >= 11 is 0. The van der Waals surface area contributed by atoms with E-state index in [0.29, 0.717) is 18.5 Å². The highest BCUT2D eigenvalue weighted by molar-refractivity contribution is 5.91. The largest absolute Gasteiger partial charge is 0.359 e. The molecule has 0 N–H and O–H groups in total. The molecule has 2 rings (SSSR count). The number of hydrogen-bond donors (Lipinski definition) is 0. The fourth-order valence-corrected chi connectivity index (χ4v) is 2.97. The highest BCUT2D eigenvalue weighted by atomic mass is 16.7. The van der Waals surface area contributed by atoms with Crippen LogP contribution >= 0.6 is 0 Å². The second-order valence-electron chi connectivity index (χ2n) is 5.58. The van der Waals surface area contributed by atoms with Gasteiger partial charge in [0.05, 0.1) is 6.61 Å². The minimum atomic E-state index is 0.283. The van der Waals surface area contributed by atoms with E-state index in [9.17, 15) is 4.79 Å². The van der Waals surface area contributed by atoms with E-state index in [2.05, 4.69) is 6.92 Å². The number of carbonyl (C=O) groups is 1. The molecule has 96 valence electrons. The maximum absolute atomic E-state index is 11.5. The summed E-state index contributed by atoms with van der Waals surface area (Å²) in [6.45, 7) is 3.42. The van der Waals surface area contributed by atoms with Crippen molar-refractivity contribution >= 4 is 5.78 Å². The van der Waals surface area contributed by atoms with Gasteiger partial charge in [-0.3, -0.25) is 4.79 Å². The number of ether oxygens (including phenoxy) is 2. The van der Waals surface area contributed by atoms with Crippen molar-refractivity contribution in [3.63, 3.8) is 0 Å². The van der Waals surface area contributed by atoms with E-state index in [1.807, 2.05) is 6.08 Å². The normalized spacial score (nSPS) is 33.2. The van der Waals surface area contributed by atoms with Crippen LogP contribution in [0.2, 0.25) is 0 Å². The number of allylic oxidation sites excluding steroid dienone is 2. The van der Waals surface area contributed by atoms with Gasteiger partial charge in [0.1, 0.15) is 6.79 Å². The van der Waals surface area contributed by atoms with Crippen LogP contribution < -0.4 is 0 Å². The topological polar surface area (TPSA) is 35.5 Å². The Morgan fingerprint density at radius 2 is 2.29 bits per heavy atom. The first-order valence-electron chi connectivity index (χ1n) is 6.44. The number of carbonyl (C=O) groups excluding carboxylic acids is 1. The van der Waals surface area contributed by atoms with Crippen molar-refractivity contribution in [2.24, 2.45) is 11.3 Å². The fraction of sp³-hybridized carbons (Fsp3) is 0.786. The Hall–Kier alpha value is -0.670. The summed E-state index contributed by atoms with van der Waals surface area (Å²) in [4.78, 5) is 11.5. The molecule has 2 aliphatic rings. The van der Waals surface area contributed by atoms with Gasteiger partial charge in [0.2, 0.25) is 0 Å². The lowest BCUT2D eigenvalue weighted by Gasteiger charge is -2.42. The Labute approximate surface area is 103 Å². The Morgan fingerprint density at radius 1 is 1.47 bits per heavy atom. The Balaban J connectivity index is 1.94. The van der Waals surface area contributed by atoms with Gasteiger partial charge >= 0.3 is 0 Å². The molecule has 2 aliphatic carbocycles. The molecule has 0 bridgehead atoms. The van der Waals surface area contributed by atoms with Gasteiger partial charge in [0, 0.05) is 13.5 Å². The average Bonchev–Trinajstić information content (AvgIpc) is 2.31. The molecule has 2 atom stereocenters. The van der Waals surface area contributed by atoms with Crippen LogP contribution in [0.5, 0.6) is 0 Å². The van der Waals surface area contributed by atoms with Crippen LogP contribution in [-0.2, 0) is 14.3 Å². The van der Waals surface area contributed by atoms with Crippen molar-refractivity contribution in [2.75, 3.05) is 20.5 Å². The van der Waals surface area contributed by atoms with Gasteiger partial charge in [-0.25, -0.2) is 0 Å². The zero-order chi connectivity index (χ0) is 12.3. The van der Waals surface area contributed by atoms with Gasteiger partial charge in [0.15, 0.2) is 5.78 Å². The molecule has 0 radical (unpaired) electrons. The SMILES string of the molecule is COCOC[C@@H]1CC[C@@]2(C)CCC(=O)C=C2C1. The van der Waals surface area contributed by atoms with Crippen LogP contribution in [0.4, 0.5) is 0 Å². The summed E-state index contributed by atoms with van der Waals surface area (Å²) in [6, 6.07) is 0. The Kier molecular flexibility index (Phi) is 4.00. The predicted molar refractivity (Wildman–Crippen MR) is 65.6 cm³/mol. The molecule has 0 aromatic heterocycles. The Morgan fingerprint density at radius 3 is 3.06 bits per heavy atom. The van der Waals surface area contributed by atoms with Gasteiger partial charge in [-0.15, -0.1) is 0 Å². The van der Waals surface area contributed by atoms with Crippen molar-refractivity contribution in [1.29, 1.82) is 0 Å². The molecule has 0 saturated heterocycles. The smallest absolute Gasteiger partial charge is 0.155 e. The van der Waals surface area contributed by atoms with E-state index >= 15 is 0 Å². The maximum Gasteiger partial charge on any atom is 0.155 e. The average molecular weight is 238 g/mol. The standard InChI is InChI=1S/C14H22O3/c1-14-5-3-11(9-17-10-16-2)7-12(14)8-13(15)4-6-14/h8,11H,3-7,9-10H2,1-2H3/t11-,14+/m1/s1. The summed E-state index contributed by atoms with van der Waals surface area (Å²) in [6.07, 6.45) is 7.06. The molecular formula is C14H22O3. The zero-order valence-corrected chi connectivity index (χ0v) is 10.8. The molecule has 0 aliphatic heterocycles. The molecule has 17 heavy (non-hydrogen) atoms. The van der Waals surface area contributed by atoms with Crippen molar-refractivity contribution < 1.29 is 14.3 Å². The molecule has 3 nitrogen and oxygen atoms in total. The molecule has 0 aromatic carbocycles. The lowest BCUT2D eigenvalue weighted by Crippen LogP contribution is -2.32. The van der Waals surface area contributed by atoms with E-state index in [1.54, 1.807) is 7.11 Å². The summed E-state index contributed by atoms with van der Waals surface area (Å²) in [5, 5.41) is 0. The van der Waals surface area contributed by atoms with Crippen LogP contribution in [-0.4, -0.2) is 26.3 Å². The monoisotopic (exact) mass is 238 g/mol. The number of ketones is 1. The highest BCUT2D eigenvalue weighted by Crippen LogP contribution is 2.48. The summed E-state index contributed by atoms with van der Waals surface area (Å²) in [5.74, 6) is 0.853. The summed E-state index contributed by atoms with van der Waals surface area (Å²) in [5.41, 5.74) is 1.64. The number of hydrogen-bond acceptors (Lipinski definition) is 3.